The van der Waals surface area contributed by atoms with Gasteiger partial charge in [-0.3, -0.25) is 4.79 Å². The molecule has 19 heavy (non-hydrogen) atoms. The van der Waals surface area contributed by atoms with E-state index in [0.717, 1.165) is 5.56 Å². The molecular weight excluding hydrogens is 280 g/mol. The molecule has 0 radical (unpaired) electrons. The second-order valence-electron chi connectivity index (χ2n) is 6.59. The highest BCUT2D eigenvalue weighted by molar-refractivity contribution is 7.13. The van der Waals surface area contributed by atoms with Crippen molar-refractivity contribution in [2.24, 2.45) is 16.6 Å². The van der Waals surface area contributed by atoms with E-state index in [-0.39, 0.29) is 28.8 Å². The number of rotatable bonds is 2. The largest absolute Gasteiger partial charge is 0.347 e. The van der Waals surface area contributed by atoms with Crippen LogP contribution in [-0.2, 0) is 0 Å². The third kappa shape index (κ3) is 2.10. The van der Waals surface area contributed by atoms with Crippen LogP contribution in [-0.4, -0.2) is 18.0 Å². The molecule has 0 aliphatic heterocycles. The van der Waals surface area contributed by atoms with Crippen LogP contribution in [0.4, 0.5) is 0 Å². The first-order chi connectivity index (χ1) is 8.60. The lowest BCUT2D eigenvalue weighted by molar-refractivity contribution is -0.0663. The van der Waals surface area contributed by atoms with Crippen LogP contribution in [0.15, 0.2) is 5.38 Å². The number of carbonyl (C=O) groups is 1. The summed E-state index contributed by atoms with van der Waals surface area (Å²) in [6, 6.07) is 0.131. The van der Waals surface area contributed by atoms with Gasteiger partial charge in [-0.2, -0.15) is 0 Å². The molecule has 0 aromatic carbocycles. The molecule has 1 aliphatic rings. The van der Waals surface area contributed by atoms with Gasteiger partial charge in [-0.1, -0.05) is 39.3 Å². The molecule has 0 bridgehead atoms. The smallest absolute Gasteiger partial charge is 0.263 e. The van der Waals surface area contributed by atoms with Gasteiger partial charge in [0.2, 0.25) is 0 Å². The molecular formula is C14H21ClN2OS. The summed E-state index contributed by atoms with van der Waals surface area (Å²) in [4.78, 5) is 12.9. The molecule has 1 heterocycles. The molecule has 0 atom stereocenters. The summed E-state index contributed by atoms with van der Waals surface area (Å²) >= 11 is 7.53. The van der Waals surface area contributed by atoms with E-state index in [1.54, 1.807) is 0 Å². The fourth-order valence-corrected chi connectivity index (χ4v) is 4.51. The lowest BCUT2D eigenvalue weighted by Gasteiger charge is -2.62. The normalized spacial score (nSPS) is 27.7. The topological polar surface area (TPSA) is 55.1 Å². The third-order valence-corrected chi connectivity index (χ3v) is 6.17. The Morgan fingerprint density at radius 3 is 2.32 bits per heavy atom. The van der Waals surface area contributed by atoms with Gasteiger partial charge in [0.1, 0.15) is 4.88 Å². The van der Waals surface area contributed by atoms with Crippen molar-refractivity contribution in [1.82, 2.24) is 5.32 Å². The summed E-state index contributed by atoms with van der Waals surface area (Å²) in [7, 11) is 0. The van der Waals surface area contributed by atoms with Crippen LogP contribution in [0, 0.1) is 17.8 Å². The Morgan fingerprint density at radius 2 is 1.89 bits per heavy atom. The second-order valence-corrected chi connectivity index (χ2v) is 7.85. The Bertz CT molecular complexity index is 506. The summed E-state index contributed by atoms with van der Waals surface area (Å²) < 4.78 is 0. The number of hydrogen-bond donors (Lipinski definition) is 2. The van der Waals surface area contributed by atoms with Crippen LogP contribution in [0.2, 0.25) is 5.02 Å². The summed E-state index contributed by atoms with van der Waals surface area (Å²) in [6.45, 7) is 10.3. The zero-order chi connectivity index (χ0) is 14.6. The Balaban J connectivity index is 2.18. The first kappa shape index (κ1) is 14.8. The highest BCUT2D eigenvalue weighted by atomic mass is 35.5. The molecule has 0 spiro atoms. The van der Waals surface area contributed by atoms with E-state index in [0.29, 0.717) is 9.90 Å². The van der Waals surface area contributed by atoms with Gasteiger partial charge in [-0.15, -0.1) is 11.3 Å². The highest BCUT2D eigenvalue weighted by Crippen LogP contribution is 2.52. The molecule has 3 N–H and O–H groups in total. The predicted octanol–water partition coefficient (Wildman–Crippen LogP) is 3.20. The van der Waals surface area contributed by atoms with Crippen LogP contribution in [0.1, 0.15) is 42.9 Å². The van der Waals surface area contributed by atoms with Gasteiger partial charge in [-0.25, -0.2) is 0 Å². The van der Waals surface area contributed by atoms with Crippen molar-refractivity contribution < 1.29 is 4.79 Å². The second kappa shape index (κ2) is 4.47. The van der Waals surface area contributed by atoms with Gasteiger partial charge in [0.05, 0.1) is 5.02 Å². The third-order valence-electron chi connectivity index (χ3n) is 4.47. The maximum Gasteiger partial charge on any atom is 0.263 e. The molecule has 1 amide bonds. The number of aryl methyl sites for hydroxylation is 1. The number of hydrogen-bond acceptors (Lipinski definition) is 3. The van der Waals surface area contributed by atoms with Crippen molar-refractivity contribution in [1.29, 1.82) is 0 Å². The van der Waals surface area contributed by atoms with Crippen LogP contribution >= 0.6 is 22.9 Å². The number of amides is 1. The zero-order valence-electron chi connectivity index (χ0n) is 12.0. The van der Waals surface area contributed by atoms with E-state index in [2.05, 4.69) is 33.0 Å². The minimum atomic E-state index is -0.0993. The highest BCUT2D eigenvalue weighted by Gasteiger charge is 2.60. The molecule has 3 nitrogen and oxygen atoms in total. The van der Waals surface area contributed by atoms with Gasteiger partial charge < -0.3 is 11.1 Å². The molecule has 1 aromatic heterocycles. The first-order valence-electron chi connectivity index (χ1n) is 6.40. The van der Waals surface area contributed by atoms with Gasteiger partial charge in [0, 0.05) is 22.9 Å². The monoisotopic (exact) mass is 300 g/mol. The molecule has 1 aromatic rings. The molecule has 1 saturated carbocycles. The fraction of sp³-hybridized carbons (Fsp3) is 0.643. The van der Waals surface area contributed by atoms with Gasteiger partial charge in [0.25, 0.3) is 5.91 Å². The van der Waals surface area contributed by atoms with E-state index < -0.39 is 0 Å². The van der Waals surface area contributed by atoms with E-state index in [1.807, 2.05) is 12.3 Å². The van der Waals surface area contributed by atoms with Crippen LogP contribution in [0.25, 0.3) is 0 Å². The van der Waals surface area contributed by atoms with Crippen LogP contribution in [0.3, 0.4) is 0 Å². The van der Waals surface area contributed by atoms with Gasteiger partial charge >= 0.3 is 0 Å². The fourth-order valence-electron chi connectivity index (χ4n) is 3.33. The number of carbonyl (C=O) groups excluding carboxylic acids is 1. The lowest BCUT2D eigenvalue weighted by Crippen LogP contribution is -2.76. The molecule has 2 rings (SSSR count). The van der Waals surface area contributed by atoms with E-state index in [4.69, 9.17) is 17.3 Å². The van der Waals surface area contributed by atoms with E-state index in [9.17, 15) is 4.79 Å². The molecule has 1 aliphatic carbocycles. The quantitative estimate of drug-likeness (QED) is 0.881. The van der Waals surface area contributed by atoms with Gasteiger partial charge in [-0.05, 0) is 17.9 Å². The standard InChI is InChI=1S/C14H21ClN2OS/c1-7-6-19-9(8(7)15)10(18)17-12-13(2,3)11(16)14(12,4)5/h6,11-12H,16H2,1-5H3,(H,17,18). The average Bonchev–Trinajstić information content (AvgIpc) is 2.65. The van der Waals surface area contributed by atoms with Crippen molar-refractivity contribution in [3.8, 4) is 0 Å². The minimum Gasteiger partial charge on any atom is -0.347 e. The number of thiophene rings is 1. The Labute approximate surface area is 123 Å². The van der Waals surface area contributed by atoms with Crippen LogP contribution in [0.5, 0.6) is 0 Å². The molecule has 106 valence electrons. The van der Waals surface area contributed by atoms with Crippen molar-refractivity contribution in [3.05, 3.63) is 20.8 Å². The Hall–Kier alpha value is -0.580. The van der Waals surface area contributed by atoms with E-state index in [1.165, 1.54) is 11.3 Å². The summed E-state index contributed by atoms with van der Waals surface area (Å²) in [5.41, 5.74) is 6.94. The predicted molar refractivity (Wildman–Crippen MR) is 80.9 cm³/mol. The Kier molecular flexibility index (Phi) is 3.49. The molecule has 0 saturated heterocycles. The van der Waals surface area contributed by atoms with Crippen molar-refractivity contribution >= 4 is 28.8 Å². The lowest BCUT2D eigenvalue weighted by atomic mass is 9.48. The maximum atomic E-state index is 12.3. The SMILES string of the molecule is Cc1csc(C(=O)NC2C(C)(C)C(N)C2(C)C)c1Cl. The van der Waals surface area contributed by atoms with Gasteiger partial charge in [0.15, 0.2) is 0 Å². The molecule has 1 fully saturated rings. The van der Waals surface area contributed by atoms with Crippen LogP contribution < -0.4 is 11.1 Å². The summed E-state index contributed by atoms with van der Waals surface area (Å²) in [5, 5.41) is 5.56. The van der Waals surface area contributed by atoms with Crippen molar-refractivity contribution in [3.63, 3.8) is 0 Å². The summed E-state index contributed by atoms with van der Waals surface area (Å²) in [5.74, 6) is -0.0962. The molecule has 0 unspecified atom stereocenters. The van der Waals surface area contributed by atoms with Crippen molar-refractivity contribution in [2.45, 2.75) is 46.7 Å². The molecule has 5 heteroatoms. The number of nitrogens with two attached hydrogens (primary N) is 1. The number of halogens is 1. The van der Waals surface area contributed by atoms with E-state index >= 15 is 0 Å². The average molecular weight is 301 g/mol. The zero-order valence-corrected chi connectivity index (χ0v) is 13.6. The van der Waals surface area contributed by atoms with Crippen molar-refractivity contribution in [2.75, 3.05) is 0 Å². The first-order valence-corrected chi connectivity index (χ1v) is 7.66. The Morgan fingerprint density at radius 1 is 1.37 bits per heavy atom. The number of nitrogens with one attached hydrogen (secondary N) is 1. The maximum absolute atomic E-state index is 12.3. The summed E-state index contributed by atoms with van der Waals surface area (Å²) in [6.07, 6.45) is 0. The minimum absolute atomic E-state index is 0.0565.